The maximum atomic E-state index is 12.3. The fourth-order valence-electron chi connectivity index (χ4n) is 2.09. The largest absolute Gasteiger partial charge is 0.493 e. The van der Waals surface area contributed by atoms with E-state index in [0.717, 1.165) is 0 Å². The molecule has 12 heteroatoms. The Labute approximate surface area is 157 Å². The molecule has 2 amide bonds. The summed E-state index contributed by atoms with van der Waals surface area (Å²) >= 11 is -0.340. The zero-order chi connectivity index (χ0) is 20.6. The van der Waals surface area contributed by atoms with Gasteiger partial charge in [-0.05, 0) is 6.42 Å². The van der Waals surface area contributed by atoms with Gasteiger partial charge in [-0.2, -0.15) is 13.2 Å². The molecule has 8 nitrogen and oxygen atoms in total. The second-order valence-electron chi connectivity index (χ2n) is 4.99. The van der Waals surface area contributed by atoms with Crippen LogP contribution in [0.25, 0.3) is 0 Å². The highest BCUT2D eigenvalue weighted by atomic mass is 32.2. The first-order valence-corrected chi connectivity index (χ1v) is 8.40. The molecule has 0 saturated carbocycles. The van der Waals surface area contributed by atoms with Gasteiger partial charge in [-0.3, -0.25) is 4.79 Å². The quantitative estimate of drug-likeness (QED) is 0.573. The SMILES string of the molecule is COc1cc(NC(=O)C(CCSC(F)(F)F)NC(=O)O)cc(OC)c1OC. The molecule has 0 aliphatic carbocycles. The Balaban J connectivity index is 2.95. The lowest BCUT2D eigenvalue weighted by Gasteiger charge is -2.18. The van der Waals surface area contributed by atoms with E-state index in [1.807, 2.05) is 5.32 Å². The lowest BCUT2D eigenvalue weighted by atomic mass is 10.2. The molecule has 0 aliphatic heterocycles. The third-order valence-electron chi connectivity index (χ3n) is 3.22. The summed E-state index contributed by atoms with van der Waals surface area (Å²) < 4.78 is 52.1. The van der Waals surface area contributed by atoms with Crippen molar-refractivity contribution in [1.82, 2.24) is 5.32 Å². The van der Waals surface area contributed by atoms with Crippen LogP contribution in [0.4, 0.5) is 23.7 Å². The second kappa shape index (κ2) is 10.00. The van der Waals surface area contributed by atoms with Crippen molar-refractivity contribution < 1.29 is 42.1 Å². The number of carboxylic acid groups (broad SMARTS) is 1. The van der Waals surface area contributed by atoms with Gasteiger partial charge in [0, 0.05) is 23.6 Å². The lowest BCUT2D eigenvalue weighted by Crippen LogP contribution is -2.43. The van der Waals surface area contributed by atoms with Gasteiger partial charge in [-0.1, -0.05) is 11.8 Å². The molecule has 1 rings (SSSR count). The molecule has 0 aliphatic rings. The summed E-state index contributed by atoms with van der Waals surface area (Å²) in [5.74, 6) is -0.559. The van der Waals surface area contributed by atoms with Crippen LogP contribution < -0.4 is 24.8 Å². The van der Waals surface area contributed by atoms with E-state index < -0.39 is 29.3 Å². The molecule has 1 aromatic carbocycles. The van der Waals surface area contributed by atoms with Crippen molar-refractivity contribution in [2.45, 2.75) is 18.0 Å². The number of anilines is 1. The second-order valence-corrected chi connectivity index (χ2v) is 6.15. The average molecular weight is 412 g/mol. The summed E-state index contributed by atoms with van der Waals surface area (Å²) in [5.41, 5.74) is -4.28. The third-order valence-corrected chi connectivity index (χ3v) is 3.99. The van der Waals surface area contributed by atoms with Crippen molar-refractivity contribution in [1.29, 1.82) is 0 Å². The van der Waals surface area contributed by atoms with Crippen molar-refractivity contribution in [2.24, 2.45) is 0 Å². The zero-order valence-electron chi connectivity index (χ0n) is 14.7. The Morgan fingerprint density at radius 2 is 1.70 bits per heavy atom. The van der Waals surface area contributed by atoms with Gasteiger partial charge < -0.3 is 30.0 Å². The van der Waals surface area contributed by atoms with Crippen LogP contribution >= 0.6 is 11.8 Å². The molecule has 152 valence electrons. The van der Waals surface area contributed by atoms with Crippen LogP contribution in [0.2, 0.25) is 0 Å². The van der Waals surface area contributed by atoms with Crippen LogP contribution in [-0.4, -0.2) is 55.7 Å². The zero-order valence-corrected chi connectivity index (χ0v) is 15.5. The minimum atomic E-state index is -4.47. The predicted octanol–water partition coefficient (Wildman–Crippen LogP) is 2.93. The molecule has 0 heterocycles. The predicted molar refractivity (Wildman–Crippen MR) is 92.8 cm³/mol. The van der Waals surface area contributed by atoms with Crippen molar-refractivity contribution in [3.63, 3.8) is 0 Å². The van der Waals surface area contributed by atoms with Crippen LogP contribution in [0.15, 0.2) is 12.1 Å². The van der Waals surface area contributed by atoms with Crippen LogP contribution in [0.5, 0.6) is 17.2 Å². The smallest absolute Gasteiger partial charge is 0.441 e. The molecule has 0 radical (unpaired) electrons. The molecule has 0 saturated heterocycles. The minimum Gasteiger partial charge on any atom is -0.493 e. The van der Waals surface area contributed by atoms with Crippen LogP contribution in [0, 0.1) is 0 Å². The van der Waals surface area contributed by atoms with Gasteiger partial charge in [-0.25, -0.2) is 4.79 Å². The molecule has 27 heavy (non-hydrogen) atoms. The van der Waals surface area contributed by atoms with Crippen molar-refractivity contribution in [2.75, 3.05) is 32.4 Å². The van der Waals surface area contributed by atoms with Gasteiger partial charge in [0.15, 0.2) is 11.5 Å². The van der Waals surface area contributed by atoms with Gasteiger partial charge in [0.1, 0.15) is 6.04 Å². The van der Waals surface area contributed by atoms with E-state index in [-0.39, 0.29) is 41.1 Å². The molecule has 0 bridgehead atoms. The number of ether oxygens (including phenoxy) is 3. The lowest BCUT2D eigenvalue weighted by molar-refractivity contribution is -0.118. The highest BCUT2D eigenvalue weighted by Gasteiger charge is 2.29. The molecular weight excluding hydrogens is 393 g/mol. The maximum Gasteiger partial charge on any atom is 0.441 e. The number of nitrogens with one attached hydrogen (secondary N) is 2. The van der Waals surface area contributed by atoms with E-state index in [0.29, 0.717) is 0 Å². The normalized spacial score (nSPS) is 12.1. The molecule has 1 unspecified atom stereocenters. The number of carbonyl (C=O) groups excluding carboxylic acids is 1. The topological polar surface area (TPSA) is 106 Å². The number of alkyl halides is 3. The Morgan fingerprint density at radius 3 is 2.11 bits per heavy atom. The maximum absolute atomic E-state index is 12.3. The minimum absolute atomic E-state index is 0.190. The Kier molecular flexibility index (Phi) is 8.34. The molecular formula is C15H19F3N2O6S. The number of thioether (sulfide) groups is 1. The van der Waals surface area contributed by atoms with Gasteiger partial charge in [-0.15, -0.1) is 0 Å². The van der Waals surface area contributed by atoms with Crippen LogP contribution in [-0.2, 0) is 4.79 Å². The number of hydrogen-bond acceptors (Lipinski definition) is 6. The summed E-state index contributed by atoms with van der Waals surface area (Å²) in [7, 11) is 4.13. The first-order chi connectivity index (χ1) is 12.6. The first-order valence-electron chi connectivity index (χ1n) is 7.42. The summed E-state index contributed by atoms with van der Waals surface area (Å²) in [5, 5.41) is 13.1. The third kappa shape index (κ3) is 7.33. The van der Waals surface area contributed by atoms with Crippen molar-refractivity contribution in [3.05, 3.63) is 12.1 Å². The van der Waals surface area contributed by atoms with E-state index >= 15 is 0 Å². The van der Waals surface area contributed by atoms with Gasteiger partial charge in [0.2, 0.25) is 11.7 Å². The molecule has 0 aromatic heterocycles. The monoisotopic (exact) mass is 412 g/mol. The van der Waals surface area contributed by atoms with E-state index in [1.165, 1.54) is 33.5 Å². The summed E-state index contributed by atoms with van der Waals surface area (Å²) in [6.45, 7) is 0. The van der Waals surface area contributed by atoms with Gasteiger partial charge in [0.05, 0.1) is 21.3 Å². The van der Waals surface area contributed by atoms with Crippen LogP contribution in [0.1, 0.15) is 6.42 Å². The number of benzene rings is 1. The van der Waals surface area contributed by atoms with E-state index in [1.54, 1.807) is 0 Å². The molecule has 3 N–H and O–H groups in total. The fraction of sp³-hybridized carbons (Fsp3) is 0.467. The number of halogens is 3. The van der Waals surface area contributed by atoms with Gasteiger partial charge >= 0.3 is 11.6 Å². The van der Waals surface area contributed by atoms with Crippen molar-refractivity contribution >= 4 is 29.4 Å². The standard InChI is InChI=1S/C15H19F3N2O6S/c1-24-10-6-8(7-11(25-2)12(10)26-3)19-13(21)9(20-14(22)23)4-5-27-15(16,17)18/h6-7,9,20H,4-5H2,1-3H3,(H,19,21)(H,22,23). The summed E-state index contributed by atoms with van der Waals surface area (Å²) in [6, 6.07) is 1.43. The summed E-state index contributed by atoms with van der Waals surface area (Å²) in [6.07, 6.45) is -1.88. The van der Waals surface area contributed by atoms with Crippen LogP contribution in [0.3, 0.4) is 0 Å². The Morgan fingerprint density at radius 1 is 1.15 bits per heavy atom. The number of carbonyl (C=O) groups is 2. The van der Waals surface area contributed by atoms with E-state index in [4.69, 9.17) is 19.3 Å². The van der Waals surface area contributed by atoms with Gasteiger partial charge in [0.25, 0.3) is 0 Å². The highest BCUT2D eigenvalue weighted by Crippen LogP contribution is 2.40. The number of hydrogen-bond donors (Lipinski definition) is 3. The fourth-order valence-corrected chi connectivity index (χ4v) is 2.68. The van der Waals surface area contributed by atoms with E-state index in [2.05, 4.69) is 5.32 Å². The Bertz CT molecular complexity index is 646. The number of methoxy groups -OCH3 is 3. The molecule has 0 spiro atoms. The molecule has 1 aromatic rings. The van der Waals surface area contributed by atoms with E-state index in [9.17, 15) is 22.8 Å². The average Bonchev–Trinajstić information content (AvgIpc) is 2.58. The molecule has 0 fully saturated rings. The summed E-state index contributed by atoms with van der Waals surface area (Å²) in [4.78, 5) is 23.2. The Hall–Kier alpha value is -2.50. The first kappa shape index (κ1) is 22.5. The highest BCUT2D eigenvalue weighted by molar-refractivity contribution is 8.00. The molecule has 1 atom stereocenters. The number of amides is 2. The van der Waals surface area contributed by atoms with Crippen molar-refractivity contribution in [3.8, 4) is 17.2 Å². The number of rotatable bonds is 9.